The van der Waals surface area contributed by atoms with E-state index in [9.17, 15) is 9.13 Å². The van der Waals surface area contributed by atoms with Crippen LogP contribution in [0.4, 0.5) is 5.69 Å². The number of anilines is 1. The molecular weight excluding hydrogens is 414 g/mol. The van der Waals surface area contributed by atoms with Crippen LogP contribution >= 0.6 is 14.9 Å². The zero-order chi connectivity index (χ0) is 20.9. The van der Waals surface area contributed by atoms with E-state index in [-0.39, 0.29) is 0 Å². The van der Waals surface area contributed by atoms with Gasteiger partial charge >= 0.3 is 7.52 Å². The maximum atomic E-state index is 14.4. The molecule has 6 heteroatoms. The van der Waals surface area contributed by atoms with Crippen LogP contribution in [-0.2, 0) is 13.4 Å². The van der Waals surface area contributed by atoms with Gasteiger partial charge < -0.3 is 5.09 Å². The Morgan fingerprint density at radius 2 is 0.933 bits per heavy atom. The van der Waals surface area contributed by atoms with E-state index in [0.29, 0.717) is 21.6 Å². The van der Waals surface area contributed by atoms with Crippen LogP contribution in [0, 0.1) is 0 Å². The van der Waals surface area contributed by atoms with Crippen LogP contribution in [-0.4, -0.2) is 0 Å². The van der Waals surface area contributed by atoms with E-state index in [1.165, 1.54) is 0 Å². The molecule has 0 aliphatic carbocycles. The highest BCUT2D eigenvalue weighted by molar-refractivity contribution is 7.84. The molecule has 0 amide bonds. The van der Waals surface area contributed by atoms with Crippen LogP contribution in [0.3, 0.4) is 0 Å². The van der Waals surface area contributed by atoms with E-state index in [1.807, 2.05) is 36.4 Å². The number of benzene rings is 4. The molecule has 0 heterocycles. The lowest BCUT2D eigenvalue weighted by atomic mass is 10.3. The molecule has 0 saturated heterocycles. The predicted octanol–water partition coefficient (Wildman–Crippen LogP) is 5.56. The number of para-hydroxylation sites is 1. The lowest BCUT2D eigenvalue weighted by Crippen LogP contribution is -2.22. The largest absolute Gasteiger partial charge is 0.329 e. The standard InChI is InChI=1S/C24H21NO3P2/c26-29(22-15-7-2-8-16-22,23-17-9-3-10-18-23)28-30(27,24-19-11-4-12-20-24)25-21-13-5-1-6-14-21/h1-20H,(H,25,27)/i27+2. The first-order valence-electron chi connectivity index (χ1n) is 9.52. The summed E-state index contributed by atoms with van der Waals surface area (Å²) in [5, 5.41) is 4.45. The molecule has 4 nitrogen and oxygen atoms in total. The van der Waals surface area contributed by atoms with Crippen molar-refractivity contribution in [1.82, 2.24) is 0 Å². The van der Waals surface area contributed by atoms with Gasteiger partial charge in [-0.2, -0.15) is 0 Å². The first-order chi connectivity index (χ1) is 14.6. The Morgan fingerprint density at radius 3 is 1.37 bits per heavy atom. The fourth-order valence-corrected chi connectivity index (χ4v) is 8.29. The highest BCUT2D eigenvalue weighted by Gasteiger charge is 2.39. The topological polar surface area (TPSA) is 55.4 Å². The minimum Gasteiger partial charge on any atom is -0.312 e. The van der Waals surface area contributed by atoms with Gasteiger partial charge in [0, 0.05) is 16.3 Å². The van der Waals surface area contributed by atoms with Gasteiger partial charge in [0.05, 0.1) is 5.30 Å². The molecule has 0 spiro atoms. The summed E-state index contributed by atoms with van der Waals surface area (Å²) in [4.78, 5) is 0. The monoisotopic (exact) mass is 435 g/mol. The minimum absolute atomic E-state index is 0.445. The molecule has 4 aromatic carbocycles. The average molecular weight is 435 g/mol. The van der Waals surface area contributed by atoms with Crippen molar-refractivity contribution in [3.05, 3.63) is 121 Å². The van der Waals surface area contributed by atoms with Gasteiger partial charge in [-0.25, -0.2) is 4.31 Å². The van der Waals surface area contributed by atoms with Crippen molar-refractivity contribution in [2.24, 2.45) is 0 Å². The second kappa shape index (κ2) is 8.85. The molecule has 1 atom stereocenters. The molecule has 0 bridgehead atoms. The quantitative estimate of drug-likeness (QED) is 0.305. The van der Waals surface area contributed by atoms with Crippen molar-refractivity contribution in [1.29, 1.82) is 0 Å². The smallest absolute Gasteiger partial charge is 0.312 e. The van der Waals surface area contributed by atoms with Crippen molar-refractivity contribution < 1.29 is 13.4 Å². The molecule has 4 aromatic rings. The Balaban J connectivity index is 1.85. The summed E-state index contributed by atoms with van der Waals surface area (Å²) in [5.41, 5.74) is 0.623. The molecule has 1 N–H and O–H groups in total. The van der Waals surface area contributed by atoms with E-state index in [0.717, 1.165) is 0 Å². The Bertz CT molecular complexity index is 1140. The fourth-order valence-electron chi connectivity index (χ4n) is 3.09. The Kier molecular flexibility index (Phi) is 6.01. The zero-order valence-corrected chi connectivity index (χ0v) is 18.0. The molecule has 30 heavy (non-hydrogen) atoms. The lowest BCUT2D eigenvalue weighted by Gasteiger charge is -2.27. The average Bonchev–Trinajstić information content (AvgIpc) is 2.81. The molecule has 0 fully saturated rings. The summed E-state index contributed by atoms with van der Waals surface area (Å²) in [5.74, 6) is 0. The SMILES string of the molecule is O=P(OP(=[18O])(Nc1ccccc1)c1ccccc1)(c1ccccc1)c1ccccc1. The second-order valence-corrected chi connectivity index (χ2v) is 11.3. The Hall–Kier alpha value is -2.90. The number of rotatable bonds is 7. The van der Waals surface area contributed by atoms with Gasteiger partial charge in [0.25, 0.3) is 7.37 Å². The van der Waals surface area contributed by atoms with Crippen LogP contribution in [0.5, 0.6) is 0 Å². The third-order valence-corrected chi connectivity index (χ3v) is 9.89. The summed E-state index contributed by atoms with van der Waals surface area (Å²) in [6.45, 7) is 0. The van der Waals surface area contributed by atoms with Crippen LogP contribution in [0.15, 0.2) is 121 Å². The highest BCUT2D eigenvalue weighted by atomic mass is 31.2. The van der Waals surface area contributed by atoms with E-state index < -0.39 is 14.9 Å². The van der Waals surface area contributed by atoms with Gasteiger partial charge in [-0.3, -0.25) is 9.13 Å². The molecular formula is C24H21NO3P2. The van der Waals surface area contributed by atoms with Gasteiger partial charge in [-0.05, 0) is 48.5 Å². The van der Waals surface area contributed by atoms with Gasteiger partial charge in [0.15, 0.2) is 0 Å². The van der Waals surface area contributed by atoms with Crippen LogP contribution in [0.25, 0.3) is 0 Å². The molecule has 0 aliphatic rings. The van der Waals surface area contributed by atoms with E-state index in [2.05, 4.69) is 5.09 Å². The first kappa shape index (κ1) is 20.4. The number of nitrogens with one attached hydrogen (secondary N) is 1. The van der Waals surface area contributed by atoms with Gasteiger partial charge in [-0.15, -0.1) is 0 Å². The molecule has 4 rings (SSSR count). The third kappa shape index (κ3) is 4.32. The zero-order valence-electron chi connectivity index (χ0n) is 16.2. The summed E-state index contributed by atoms with van der Waals surface area (Å²) in [7, 11) is -7.43. The van der Waals surface area contributed by atoms with Crippen LogP contribution in [0.2, 0.25) is 0 Å². The molecule has 150 valence electrons. The Morgan fingerprint density at radius 1 is 0.567 bits per heavy atom. The third-order valence-electron chi connectivity index (χ3n) is 4.57. The maximum Gasteiger partial charge on any atom is 0.329 e. The molecule has 0 saturated carbocycles. The Labute approximate surface area is 176 Å². The van der Waals surface area contributed by atoms with Gasteiger partial charge in [-0.1, -0.05) is 72.8 Å². The van der Waals surface area contributed by atoms with Crippen molar-refractivity contribution in [3.8, 4) is 0 Å². The fraction of sp³-hybridized carbons (Fsp3) is 0. The van der Waals surface area contributed by atoms with E-state index >= 15 is 0 Å². The van der Waals surface area contributed by atoms with Crippen molar-refractivity contribution in [2.45, 2.75) is 0 Å². The maximum absolute atomic E-state index is 14.4. The summed E-state index contributed by atoms with van der Waals surface area (Å²) in [6, 6.07) is 35.8. The van der Waals surface area contributed by atoms with E-state index in [1.54, 1.807) is 84.9 Å². The number of hydrogen-bond acceptors (Lipinski definition) is 3. The van der Waals surface area contributed by atoms with E-state index in [4.69, 9.17) is 4.31 Å². The summed E-state index contributed by atoms with van der Waals surface area (Å²) >= 11 is 0. The van der Waals surface area contributed by atoms with Crippen molar-refractivity contribution in [3.63, 3.8) is 0 Å². The second-order valence-electron chi connectivity index (χ2n) is 6.67. The van der Waals surface area contributed by atoms with Crippen molar-refractivity contribution >= 4 is 36.5 Å². The minimum atomic E-state index is -3.76. The van der Waals surface area contributed by atoms with Gasteiger partial charge in [0.1, 0.15) is 0 Å². The normalized spacial score (nSPS) is 13.3. The van der Waals surface area contributed by atoms with Crippen LogP contribution in [0.1, 0.15) is 0 Å². The molecule has 0 aliphatic heterocycles. The van der Waals surface area contributed by atoms with Crippen molar-refractivity contribution in [2.75, 3.05) is 5.09 Å². The molecule has 0 radical (unpaired) electrons. The lowest BCUT2D eigenvalue weighted by molar-refractivity contribution is 0.482. The van der Waals surface area contributed by atoms with Crippen LogP contribution < -0.4 is 21.0 Å². The molecule has 1 unspecified atom stereocenters. The van der Waals surface area contributed by atoms with Gasteiger partial charge in [0.2, 0.25) is 0 Å². The first-order valence-corrected chi connectivity index (χ1v) is 12.8. The highest BCUT2D eigenvalue weighted by Crippen LogP contribution is 2.61. The number of hydrogen-bond donors (Lipinski definition) is 1. The summed E-state index contributed by atoms with van der Waals surface area (Å²) < 4.78 is 34.8. The molecule has 0 aromatic heterocycles. The predicted molar refractivity (Wildman–Crippen MR) is 125 cm³/mol. The summed E-state index contributed by atoms with van der Waals surface area (Å²) in [6.07, 6.45) is 0.